The van der Waals surface area contributed by atoms with Crippen LogP contribution in [0.2, 0.25) is 0 Å². The summed E-state index contributed by atoms with van der Waals surface area (Å²) in [5.74, 6) is 0. The molecule has 0 radical (unpaired) electrons. The third-order valence-corrected chi connectivity index (χ3v) is 0.633. The van der Waals surface area contributed by atoms with Gasteiger partial charge in [0.25, 0.3) is 0 Å². The highest BCUT2D eigenvalue weighted by Gasteiger charge is 1.71. The van der Waals surface area contributed by atoms with Crippen molar-refractivity contribution in [2.45, 2.75) is 0 Å². The van der Waals surface area contributed by atoms with Gasteiger partial charge in [0, 0.05) is 0 Å². The zero-order valence-electron chi connectivity index (χ0n) is 4.48. The van der Waals surface area contributed by atoms with Crippen LogP contribution in [0.1, 0.15) is 0 Å². The van der Waals surface area contributed by atoms with E-state index in [1.165, 1.54) is 0 Å². The SMILES string of the molecule is C=COC=COS(=O)[O-]. The van der Waals surface area contributed by atoms with Gasteiger partial charge in [-0.2, -0.15) is 0 Å². The Bertz CT molecular complexity index is 131. The van der Waals surface area contributed by atoms with Gasteiger partial charge in [-0.3, -0.25) is 0 Å². The third kappa shape index (κ3) is 7.19. The molecule has 0 aliphatic heterocycles. The quantitative estimate of drug-likeness (QED) is 0.429. The molecular weight excluding hydrogens is 144 g/mol. The van der Waals surface area contributed by atoms with Gasteiger partial charge in [-0.05, 0) is 0 Å². The molecule has 0 rings (SSSR count). The van der Waals surface area contributed by atoms with Crippen LogP contribution in [0.5, 0.6) is 0 Å². The molecule has 4 nitrogen and oxygen atoms in total. The van der Waals surface area contributed by atoms with Gasteiger partial charge >= 0.3 is 0 Å². The van der Waals surface area contributed by atoms with E-state index in [1.54, 1.807) is 0 Å². The molecule has 0 aromatic carbocycles. The third-order valence-electron chi connectivity index (χ3n) is 0.364. The summed E-state index contributed by atoms with van der Waals surface area (Å²) in [6.07, 6.45) is 3.06. The van der Waals surface area contributed by atoms with Crippen molar-refractivity contribution in [1.82, 2.24) is 0 Å². The molecular formula is C4H5O4S-. The van der Waals surface area contributed by atoms with Crippen molar-refractivity contribution < 1.29 is 17.7 Å². The maximum absolute atomic E-state index is 9.61. The minimum absolute atomic E-state index is 0.880. The summed E-state index contributed by atoms with van der Waals surface area (Å²) >= 11 is -2.52. The van der Waals surface area contributed by atoms with Crippen LogP contribution in [-0.2, 0) is 20.3 Å². The first kappa shape index (κ1) is 8.19. The number of rotatable bonds is 4. The van der Waals surface area contributed by atoms with Crippen LogP contribution in [0.15, 0.2) is 25.4 Å². The predicted molar refractivity (Wildman–Crippen MR) is 30.4 cm³/mol. The lowest BCUT2D eigenvalue weighted by Crippen LogP contribution is -1.85. The normalized spacial score (nSPS) is 13.0. The van der Waals surface area contributed by atoms with E-state index >= 15 is 0 Å². The van der Waals surface area contributed by atoms with Crippen LogP contribution in [0.25, 0.3) is 0 Å². The average Bonchev–Trinajstić information content (AvgIpc) is 1.80. The predicted octanol–water partition coefficient (Wildman–Crippen LogP) is 0.428. The highest BCUT2D eigenvalue weighted by atomic mass is 32.2. The van der Waals surface area contributed by atoms with Gasteiger partial charge in [-0.1, -0.05) is 6.58 Å². The van der Waals surface area contributed by atoms with Crippen molar-refractivity contribution >= 4 is 11.4 Å². The van der Waals surface area contributed by atoms with Gasteiger partial charge in [-0.25, -0.2) is 4.21 Å². The minimum Gasteiger partial charge on any atom is -0.740 e. The van der Waals surface area contributed by atoms with Crippen molar-refractivity contribution in [3.63, 3.8) is 0 Å². The summed E-state index contributed by atoms with van der Waals surface area (Å²) in [5, 5.41) is 0. The molecule has 52 valence electrons. The molecule has 5 heteroatoms. The molecule has 9 heavy (non-hydrogen) atoms. The monoisotopic (exact) mass is 149 g/mol. The molecule has 0 aliphatic rings. The van der Waals surface area contributed by atoms with Gasteiger partial charge < -0.3 is 13.5 Å². The van der Waals surface area contributed by atoms with Crippen molar-refractivity contribution in [3.05, 3.63) is 25.4 Å². The van der Waals surface area contributed by atoms with Gasteiger partial charge in [0.2, 0.25) is 0 Å². The first-order valence-corrected chi connectivity index (χ1v) is 2.95. The van der Waals surface area contributed by atoms with E-state index in [1.807, 2.05) is 0 Å². The fraction of sp³-hybridized carbons (Fsp3) is 0. The Hall–Kier alpha value is -0.810. The lowest BCUT2D eigenvalue weighted by atomic mass is 11.0. The molecule has 0 fully saturated rings. The highest BCUT2D eigenvalue weighted by Crippen LogP contribution is 1.82. The molecule has 0 aromatic rings. The maximum atomic E-state index is 9.61. The van der Waals surface area contributed by atoms with E-state index in [9.17, 15) is 8.76 Å². The second-order valence-corrected chi connectivity index (χ2v) is 1.48. The number of ether oxygens (including phenoxy) is 1. The molecule has 0 heterocycles. The smallest absolute Gasteiger partial charge is 0.138 e. The fourth-order valence-corrected chi connectivity index (χ4v) is 0.292. The molecule has 0 aromatic heterocycles. The van der Waals surface area contributed by atoms with E-state index in [4.69, 9.17) is 0 Å². The van der Waals surface area contributed by atoms with Crippen LogP contribution in [0.3, 0.4) is 0 Å². The van der Waals surface area contributed by atoms with Crippen molar-refractivity contribution in [3.8, 4) is 0 Å². The molecule has 1 atom stereocenters. The zero-order valence-corrected chi connectivity index (χ0v) is 5.30. The van der Waals surface area contributed by atoms with Gasteiger partial charge in [-0.15, -0.1) is 0 Å². The van der Waals surface area contributed by atoms with Crippen LogP contribution < -0.4 is 0 Å². The Kier molecular flexibility index (Phi) is 4.85. The van der Waals surface area contributed by atoms with E-state index in [0.29, 0.717) is 0 Å². The van der Waals surface area contributed by atoms with Gasteiger partial charge in [0.1, 0.15) is 23.9 Å². The number of hydrogen-bond donors (Lipinski definition) is 0. The van der Waals surface area contributed by atoms with Crippen LogP contribution in [0, 0.1) is 0 Å². The van der Waals surface area contributed by atoms with Crippen LogP contribution >= 0.6 is 0 Å². The summed E-state index contributed by atoms with van der Waals surface area (Å²) in [7, 11) is 0. The Morgan fingerprint density at radius 2 is 2.22 bits per heavy atom. The molecule has 0 N–H and O–H groups in total. The van der Waals surface area contributed by atoms with Crippen molar-refractivity contribution in [2.75, 3.05) is 0 Å². The highest BCUT2D eigenvalue weighted by molar-refractivity contribution is 7.74. The number of hydrogen-bond acceptors (Lipinski definition) is 4. The van der Waals surface area contributed by atoms with Gasteiger partial charge in [0.05, 0.1) is 6.26 Å². The first-order valence-electron chi connectivity index (χ1n) is 1.95. The molecule has 0 saturated heterocycles. The molecule has 1 unspecified atom stereocenters. The van der Waals surface area contributed by atoms with Crippen molar-refractivity contribution in [1.29, 1.82) is 0 Å². The summed E-state index contributed by atoms with van der Waals surface area (Å²) in [4.78, 5) is 0. The largest absolute Gasteiger partial charge is 0.740 e. The second-order valence-electron chi connectivity index (χ2n) is 0.875. The minimum atomic E-state index is -2.52. The molecule has 0 spiro atoms. The first-order chi connectivity index (χ1) is 4.27. The summed E-state index contributed by atoms with van der Waals surface area (Å²) in [5.41, 5.74) is 0. The van der Waals surface area contributed by atoms with E-state index in [0.717, 1.165) is 18.8 Å². The summed E-state index contributed by atoms with van der Waals surface area (Å²) in [6.45, 7) is 3.19. The Balaban J connectivity index is 3.24. The molecule has 0 bridgehead atoms. The van der Waals surface area contributed by atoms with E-state index in [-0.39, 0.29) is 0 Å². The molecule has 0 amide bonds. The summed E-state index contributed by atoms with van der Waals surface area (Å²) < 4.78 is 27.5. The Labute approximate surface area is 55.3 Å². The standard InChI is InChI=1S/C4H6O4S/c1-2-7-3-4-8-9(5)6/h2-4H,1H2,(H,5,6)/p-1. The fourth-order valence-electron chi connectivity index (χ4n) is 0.156. The van der Waals surface area contributed by atoms with Gasteiger partial charge in [0.15, 0.2) is 0 Å². The topological polar surface area (TPSA) is 58.6 Å². The van der Waals surface area contributed by atoms with Crippen molar-refractivity contribution in [2.24, 2.45) is 0 Å². The van der Waals surface area contributed by atoms with Crippen LogP contribution in [0.4, 0.5) is 0 Å². The van der Waals surface area contributed by atoms with Crippen LogP contribution in [-0.4, -0.2) is 8.76 Å². The Morgan fingerprint density at radius 3 is 2.67 bits per heavy atom. The lowest BCUT2D eigenvalue weighted by Gasteiger charge is -1.98. The lowest BCUT2D eigenvalue weighted by molar-refractivity contribution is 0.360. The molecule has 0 saturated carbocycles. The van der Waals surface area contributed by atoms with E-state index < -0.39 is 11.4 Å². The zero-order chi connectivity index (χ0) is 7.11. The maximum Gasteiger partial charge on any atom is 0.138 e. The molecule has 0 aliphatic carbocycles. The Morgan fingerprint density at radius 1 is 1.56 bits per heavy atom. The summed E-state index contributed by atoms with van der Waals surface area (Å²) in [6, 6.07) is 0. The second kappa shape index (κ2) is 5.33. The van der Waals surface area contributed by atoms with E-state index in [2.05, 4.69) is 15.5 Å². The average molecular weight is 149 g/mol.